The van der Waals surface area contributed by atoms with Gasteiger partial charge in [0.05, 0.1) is 11.2 Å². The summed E-state index contributed by atoms with van der Waals surface area (Å²) in [5, 5.41) is 5.31. The van der Waals surface area contributed by atoms with E-state index < -0.39 is 0 Å². The van der Waals surface area contributed by atoms with Crippen LogP contribution in [-0.2, 0) is 0 Å². The molecule has 0 aliphatic carbocycles. The highest BCUT2D eigenvalue weighted by Crippen LogP contribution is 2.23. The van der Waals surface area contributed by atoms with E-state index in [0.29, 0.717) is 0 Å². The minimum absolute atomic E-state index is 0.933. The fourth-order valence-corrected chi connectivity index (χ4v) is 2.43. The zero-order valence-electron chi connectivity index (χ0n) is 8.90. The lowest BCUT2D eigenvalue weighted by atomic mass is 10.1. The first-order valence-electron chi connectivity index (χ1n) is 5.15. The molecule has 3 rings (SSSR count). The van der Waals surface area contributed by atoms with E-state index in [4.69, 9.17) is 0 Å². The Balaban J connectivity index is 2.27. The second-order valence-electron chi connectivity index (χ2n) is 3.77. The molecule has 0 N–H and O–H groups in total. The lowest BCUT2D eigenvalue weighted by molar-refractivity contribution is 1.36. The molecule has 0 saturated heterocycles. The Labute approximate surface area is 98.4 Å². The van der Waals surface area contributed by atoms with Gasteiger partial charge in [0.2, 0.25) is 0 Å². The van der Waals surface area contributed by atoms with Crippen LogP contribution in [0, 0.1) is 13.0 Å². The molecule has 1 nitrogen and oxygen atoms in total. The summed E-state index contributed by atoms with van der Waals surface area (Å²) in [6.45, 7) is 2.09. The molecule has 0 spiro atoms. The maximum Gasteiger partial charge on any atom is 0.0797 e. The number of benzene rings is 1. The number of fused-ring (bicyclic) bond motifs is 1. The standard InChI is InChI=1S/C14H10NS/c1-10-3-2-4-11-5-6-13(15-14(10)11)12-7-8-16-9-12/h2-5,7-9H,1H3. The van der Waals surface area contributed by atoms with E-state index in [9.17, 15) is 0 Å². The molecule has 1 radical (unpaired) electrons. The van der Waals surface area contributed by atoms with Crippen LogP contribution in [0.2, 0.25) is 0 Å². The SMILES string of the molecule is Cc1cccc2c[c]c(-c3ccsc3)nc12. The smallest absolute Gasteiger partial charge is 0.0797 e. The van der Waals surface area contributed by atoms with Gasteiger partial charge in [-0.3, -0.25) is 0 Å². The normalized spacial score (nSPS) is 10.8. The maximum absolute atomic E-state index is 4.67. The molecule has 0 atom stereocenters. The van der Waals surface area contributed by atoms with E-state index in [1.807, 2.05) is 6.07 Å². The first-order valence-corrected chi connectivity index (χ1v) is 6.09. The van der Waals surface area contributed by atoms with Gasteiger partial charge in [0, 0.05) is 22.4 Å². The molecule has 77 valence electrons. The van der Waals surface area contributed by atoms with Gasteiger partial charge in [-0.05, 0) is 30.0 Å². The summed E-state index contributed by atoms with van der Waals surface area (Å²) in [7, 11) is 0. The third-order valence-electron chi connectivity index (χ3n) is 2.65. The Hall–Kier alpha value is -1.67. The maximum atomic E-state index is 4.67. The van der Waals surface area contributed by atoms with Crippen LogP contribution < -0.4 is 0 Å². The third kappa shape index (κ3) is 1.51. The number of hydrogen-bond donors (Lipinski definition) is 0. The number of aromatic nitrogens is 1. The summed E-state index contributed by atoms with van der Waals surface area (Å²) >= 11 is 1.68. The van der Waals surface area contributed by atoms with Gasteiger partial charge in [0.1, 0.15) is 0 Å². The van der Waals surface area contributed by atoms with Crippen molar-refractivity contribution in [1.29, 1.82) is 0 Å². The highest BCUT2D eigenvalue weighted by Gasteiger charge is 2.03. The summed E-state index contributed by atoms with van der Waals surface area (Å²) in [5.74, 6) is 0. The van der Waals surface area contributed by atoms with Crippen molar-refractivity contribution in [3.63, 3.8) is 0 Å². The van der Waals surface area contributed by atoms with Gasteiger partial charge in [-0.2, -0.15) is 11.3 Å². The van der Waals surface area contributed by atoms with Gasteiger partial charge in [0.25, 0.3) is 0 Å². The van der Waals surface area contributed by atoms with E-state index in [1.165, 1.54) is 5.56 Å². The first-order chi connectivity index (χ1) is 7.84. The predicted molar refractivity (Wildman–Crippen MR) is 68.6 cm³/mol. The molecule has 0 bridgehead atoms. The Morgan fingerprint density at radius 3 is 3.00 bits per heavy atom. The number of rotatable bonds is 1. The summed E-state index contributed by atoms with van der Waals surface area (Å²) in [4.78, 5) is 4.67. The van der Waals surface area contributed by atoms with Crippen LogP contribution >= 0.6 is 11.3 Å². The number of nitrogens with zero attached hydrogens (tertiary/aromatic N) is 1. The van der Waals surface area contributed by atoms with E-state index >= 15 is 0 Å². The van der Waals surface area contributed by atoms with Crippen molar-refractivity contribution >= 4 is 22.2 Å². The van der Waals surface area contributed by atoms with Crippen LogP contribution in [0.25, 0.3) is 22.2 Å². The predicted octanol–water partition coefficient (Wildman–Crippen LogP) is 4.07. The van der Waals surface area contributed by atoms with E-state index in [2.05, 4.69) is 53.0 Å². The van der Waals surface area contributed by atoms with E-state index in [0.717, 1.165) is 22.2 Å². The average molecular weight is 224 g/mol. The van der Waals surface area contributed by atoms with Gasteiger partial charge in [0.15, 0.2) is 0 Å². The number of aryl methyl sites for hydroxylation is 1. The van der Waals surface area contributed by atoms with E-state index in [-0.39, 0.29) is 0 Å². The van der Waals surface area contributed by atoms with Crippen LogP contribution in [0.3, 0.4) is 0 Å². The second kappa shape index (κ2) is 3.72. The van der Waals surface area contributed by atoms with Crippen molar-refractivity contribution in [2.24, 2.45) is 0 Å². The van der Waals surface area contributed by atoms with Crippen LogP contribution in [0.4, 0.5) is 0 Å². The van der Waals surface area contributed by atoms with Crippen molar-refractivity contribution in [3.05, 3.63) is 52.7 Å². The van der Waals surface area contributed by atoms with Crippen LogP contribution in [-0.4, -0.2) is 4.98 Å². The Kier molecular flexibility index (Phi) is 2.22. The van der Waals surface area contributed by atoms with Crippen molar-refractivity contribution < 1.29 is 0 Å². The molecule has 3 aromatic rings. The molecule has 0 fully saturated rings. The molecule has 2 heterocycles. The zero-order chi connectivity index (χ0) is 11.0. The van der Waals surface area contributed by atoms with Crippen LogP contribution in [0.5, 0.6) is 0 Å². The quantitative estimate of drug-likeness (QED) is 0.607. The Bertz CT molecular complexity index is 626. The summed E-state index contributed by atoms with van der Waals surface area (Å²) in [6.07, 6.45) is 0. The molecule has 0 unspecified atom stereocenters. The number of thiophene rings is 1. The molecule has 0 aliphatic heterocycles. The van der Waals surface area contributed by atoms with Gasteiger partial charge >= 0.3 is 0 Å². The number of para-hydroxylation sites is 1. The highest BCUT2D eigenvalue weighted by molar-refractivity contribution is 7.08. The topological polar surface area (TPSA) is 12.9 Å². The monoisotopic (exact) mass is 224 g/mol. The Morgan fingerprint density at radius 2 is 2.19 bits per heavy atom. The largest absolute Gasteiger partial charge is 0.247 e. The van der Waals surface area contributed by atoms with E-state index in [1.54, 1.807) is 11.3 Å². The molecular formula is C14H10NS. The van der Waals surface area contributed by atoms with Gasteiger partial charge in [-0.15, -0.1) is 0 Å². The molecule has 16 heavy (non-hydrogen) atoms. The Morgan fingerprint density at radius 1 is 1.25 bits per heavy atom. The van der Waals surface area contributed by atoms with Gasteiger partial charge in [-0.25, -0.2) is 4.98 Å². The molecule has 0 saturated carbocycles. The highest BCUT2D eigenvalue weighted by atomic mass is 32.1. The van der Waals surface area contributed by atoms with Gasteiger partial charge < -0.3 is 0 Å². The molecular weight excluding hydrogens is 214 g/mol. The summed E-state index contributed by atoms with van der Waals surface area (Å²) < 4.78 is 0. The van der Waals surface area contributed by atoms with Gasteiger partial charge in [-0.1, -0.05) is 18.2 Å². The average Bonchev–Trinajstić information content (AvgIpc) is 2.83. The zero-order valence-corrected chi connectivity index (χ0v) is 9.71. The van der Waals surface area contributed by atoms with Crippen molar-refractivity contribution in [2.75, 3.05) is 0 Å². The number of hydrogen-bond acceptors (Lipinski definition) is 2. The van der Waals surface area contributed by atoms with Crippen molar-refractivity contribution in [2.45, 2.75) is 6.92 Å². The molecule has 2 heteroatoms. The summed E-state index contributed by atoms with van der Waals surface area (Å²) in [6, 6.07) is 13.5. The summed E-state index contributed by atoms with van der Waals surface area (Å²) in [5.41, 5.74) is 4.36. The van der Waals surface area contributed by atoms with Crippen molar-refractivity contribution in [3.8, 4) is 11.3 Å². The third-order valence-corrected chi connectivity index (χ3v) is 3.33. The molecule has 0 aliphatic rings. The van der Waals surface area contributed by atoms with Crippen LogP contribution in [0.15, 0.2) is 41.1 Å². The fourth-order valence-electron chi connectivity index (χ4n) is 1.79. The molecule has 1 aromatic carbocycles. The fraction of sp³-hybridized carbons (Fsp3) is 0.0714. The molecule has 2 aromatic heterocycles. The van der Waals surface area contributed by atoms with Crippen LogP contribution in [0.1, 0.15) is 5.56 Å². The lowest BCUT2D eigenvalue weighted by Crippen LogP contribution is -1.86. The first kappa shape index (κ1) is 9.55. The molecule has 0 amide bonds. The number of pyridine rings is 1. The minimum atomic E-state index is 0.933. The lowest BCUT2D eigenvalue weighted by Gasteiger charge is -2.03. The van der Waals surface area contributed by atoms with Crippen molar-refractivity contribution in [1.82, 2.24) is 4.98 Å². The minimum Gasteiger partial charge on any atom is -0.247 e. The second-order valence-corrected chi connectivity index (χ2v) is 4.55.